The second-order valence-corrected chi connectivity index (χ2v) is 7.33. The van der Waals surface area contributed by atoms with Crippen LogP contribution in [0, 0.1) is 5.92 Å². The van der Waals surface area contributed by atoms with Crippen LogP contribution < -0.4 is 10.6 Å². The lowest BCUT2D eigenvalue weighted by atomic mass is 10.0. The van der Waals surface area contributed by atoms with Gasteiger partial charge in [-0.05, 0) is 33.2 Å². The molecule has 0 aromatic carbocycles. The molecule has 1 saturated heterocycles. The van der Waals surface area contributed by atoms with Gasteiger partial charge in [-0.25, -0.2) is 0 Å². The normalized spacial score (nSPS) is 18.2. The maximum Gasteiger partial charge on any atom is 0.191 e. The number of nitrogens with zero attached hydrogens (tertiary/aromatic N) is 3. The zero-order valence-electron chi connectivity index (χ0n) is 17.3. The fourth-order valence-electron chi connectivity index (χ4n) is 3.28. The van der Waals surface area contributed by atoms with Crippen molar-refractivity contribution < 1.29 is 4.74 Å². The number of aliphatic imine (C=N–C) groups is 1. The van der Waals surface area contributed by atoms with Crippen LogP contribution in [0.4, 0.5) is 0 Å². The smallest absolute Gasteiger partial charge is 0.191 e. The maximum absolute atomic E-state index is 5.49. The summed E-state index contributed by atoms with van der Waals surface area (Å²) < 4.78 is 5.49. The van der Waals surface area contributed by atoms with Gasteiger partial charge in [0.25, 0.3) is 0 Å². The van der Waals surface area contributed by atoms with Gasteiger partial charge in [-0.15, -0.1) is 0 Å². The lowest BCUT2D eigenvalue weighted by Gasteiger charge is -2.36. The van der Waals surface area contributed by atoms with Crippen molar-refractivity contribution in [2.45, 2.75) is 53.6 Å². The van der Waals surface area contributed by atoms with Crippen molar-refractivity contribution in [3.05, 3.63) is 0 Å². The third kappa shape index (κ3) is 8.38. The van der Waals surface area contributed by atoms with Gasteiger partial charge in [0.1, 0.15) is 0 Å². The second-order valence-electron chi connectivity index (χ2n) is 7.33. The number of morpholine rings is 1. The lowest BCUT2D eigenvalue weighted by molar-refractivity contribution is 0.00867. The third-order valence-corrected chi connectivity index (χ3v) is 4.89. The van der Waals surface area contributed by atoms with Crippen LogP contribution in [0.3, 0.4) is 0 Å². The molecule has 6 heteroatoms. The first-order valence-electron chi connectivity index (χ1n) is 10.1. The van der Waals surface area contributed by atoms with E-state index in [9.17, 15) is 0 Å². The Morgan fingerprint density at radius 1 is 1.12 bits per heavy atom. The Kier molecular flexibility index (Phi) is 11.1. The van der Waals surface area contributed by atoms with E-state index in [4.69, 9.17) is 9.73 Å². The third-order valence-electron chi connectivity index (χ3n) is 4.89. The van der Waals surface area contributed by atoms with Gasteiger partial charge < -0.3 is 15.4 Å². The van der Waals surface area contributed by atoms with Crippen LogP contribution in [0.2, 0.25) is 0 Å². The number of guanidine groups is 1. The quantitative estimate of drug-likeness (QED) is 0.461. The van der Waals surface area contributed by atoms with Crippen molar-refractivity contribution in [3.8, 4) is 0 Å². The van der Waals surface area contributed by atoms with Gasteiger partial charge in [-0.1, -0.05) is 20.8 Å². The molecule has 0 radical (unpaired) electrons. The van der Waals surface area contributed by atoms with Crippen LogP contribution in [0.15, 0.2) is 4.99 Å². The van der Waals surface area contributed by atoms with E-state index in [2.05, 4.69) is 62.0 Å². The lowest BCUT2D eigenvalue weighted by Crippen LogP contribution is -2.48. The van der Waals surface area contributed by atoms with E-state index >= 15 is 0 Å². The number of ether oxygens (including phenoxy) is 1. The summed E-state index contributed by atoms with van der Waals surface area (Å²) in [6.07, 6.45) is 0. The minimum Gasteiger partial charge on any atom is -0.379 e. The van der Waals surface area contributed by atoms with Crippen molar-refractivity contribution in [1.82, 2.24) is 20.4 Å². The summed E-state index contributed by atoms with van der Waals surface area (Å²) in [4.78, 5) is 9.86. The minimum atomic E-state index is 0.474. The molecule has 2 N–H and O–H groups in total. The van der Waals surface area contributed by atoms with Crippen LogP contribution in [-0.2, 0) is 4.74 Å². The van der Waals surface area contributed by atoms with Gasteiger partial charge in [0.05, 0.1) is 19.8 Å². The van der Waals surface area contributed by atoms with Crippen molar-refractivity contribution in [3.63, 3.8) is 0 Å². The van der Waals surface area contributed by atoms with Crippen molar-refractivity contribution in [2.75, 3.05) is 59.0 Å². The van der Waals surface area contributed by atoms with E-state index < -0.39 is 0 Å². The minimum absolute atomic E-state index is 0.474. The average Bonchev–Trinajstić information content (AvgIpc) is 2.59. The standard InChI is InChI=1S/C19H41N5O/c1-7-20-19(21-9-10-23(8-2)17(5)6)22-15-18(16(3)4)24-11-13-25-14-12-24/h16-18H,7-15H2,1-6H3,(H2,20,21,22). The Bertz CT molecular complexity index is 367. The highest BCUT2D eigenvalue weighted by Gasteiger charge is 2.23. The van der Waals surface area contributed by atoms with Gasteiger partial charge in [0.15, 0.2) is 5.96 Å². The summed E-state index contributed by atoms with van der Waals surface area (Å²) in [5.74, 6) is 1.52. The highest BCUT2D eigenvalue weighted by molar-refractivity contribution is 5.79. The van der Waals surface area contributed by atoms with Crippen molar-refractivity contribution >= 4 is 5.96 Å². The summed E-state index contributed by atoms with van der Waals surface area (Å²) >= 11 is 0. The molecule has 6 nitrogen and oxygen atoms in total. The van der Waals surface area contributed by atoms with Gasteiger partial charge in [-0.3, -0.25) is 14.8 Å². The predicted molar refractivity (Wildman–Crippen MR) is 107 cm³/mol. The highest BCUT2D eigenvalue weighted by Crippen LogP contribution is 2.13. The molecule has 0 spiro atoms. The fraction of sp³-hybridized carbons (Fsp3) is 0.947. The Morgan fingerprint density at radius 2 is 1.80 bits per heavy atom. The molecular weight excluding hydrogens is 314 g/mol. The molecule has 0 aromatic rings. The van der Waals surface area contributed by atoms with Gasteiger partial charge in [0.2, 0.25) is 0 Å². The van der Waals surface area contributed by atoms with Crippen LogP contribution >= 0.6 is 0 Å². The first-order chi connectivity index (χ1) is 12.0. The Balaban J connectivity index is 2.56. The summed E-state index contributed by atoms with van der Waals surface area (Å²) in [5.41, 5.74) is 0. The van der Waals surface area contributed by atoms with E-state index in [1.54, 1.807) is 0 Å². The van der Waals surface area contributed by atoms with E-state index in [1.807, 2.05) is 0 Å². The molecule has 0 bridgehead atoms. The monoisotopic (exact) mass is 355 g/mol. The molecule has 0 saturated carbocycles. The van der Waals surface area contributed by atoms with Crippen LogP contribution in [-0.4, -0.2) is 86.9 Å². The predicted octanol–water partition coefficient (Wildman–Crippen LogP) is 1.63. The molecule has 0 amide bonds. The Labute approximate surface area is 155 Å². The average molecular weight is 356 g/mol. The SMILES string of the molecule is CCNC(=NCC(C(C)C)N1CCOCC1)NCCN(CC)C(C)C. The Morgan fingerprint density at radius 3 is 2.32 bits per heavy atom. The van der Waals surface area contributed by atoms with Gasteiger partial charge >= 0.3 is 0 Å². The van der Waals surface area contributed by atoms with Crippen molar-refractivity contribution in [2.24, 2.45) is 10.9 Å². The van der Waals surface area contributed by atoms with Crippen LogP contribution in [0.1, 0.15) is 41.5 Å². The van der Waals surface area contributed by atoms with E-state index in [0.717, 1.165) is 65.0 Å². The summed E-state index contributed by atoms with van der Waals surface area (Å²) in [6, 6.07) is 1.06. The number of hydrogen-bond donors (Lipinski definition) is 2. The number of rotatable bonds is 10. The van der Waals surface area contributed by atoms with Crippen LogP contribution in [0.25, 0.3) is 0 Å². The molecule has 0 aliphatic carbocycles. The zero-order chi connectivity index (χ0) is 18.7. The highest BCUT2D eigenvalue weighted by atomic mass is 16.5. The number of hydrogen-bond acceptors (Lipinski definition) is 4. The molecule has 25 heavy (non-hydrogen) atoms. The molecule has 0 aromatic heterocycles. The molecular formula is C19H41N5O. The summed E-state index contributed by atoms with van der Waals surface area (Å²) in [5, 5.41) is 6.87. The first-order valence-corrected chi connectivity index (χ1v) is 10.1. The fourth-order valence-corrected chi connectivity index (χ4v) is 3.28. The van der Waals surface area contributed by atoms with E-state index in [-0.39, 0.29) is 0 Å². The Hall–Kier alpha value is -0.850. The van der Waals surface area contributed by atoms with E-state index in [0.29, 0.717) is 18.0 Å². The van der Waals surface area contributed by atoms with Gasteiger partial charge in [-0.2, -0.15) is 0 Å². The molecule has 1 fully saturated rings. The summed E-state index contributed by atoms with van der Waals surface area (Å²) in [6.45, 7) is 21.9. The molecule has 1 heterocycles. The first kappa shape index (κ1) is 22.2. The van der Waals surface area contributed by atoms with E-state index in [1.165, 1.54) is 0 Å². The van der Waals surface area contributed by atoms with Crippen LogP contribution in [0.5, 0.6) is 0 Å². The largest absolute Gasteiger partial charge is 0.379 e. The molecule has 1 atom stereocenters. The second kappa shape index (κ2) is 12.5. The topological polar surface area (TPSA) is 52.1 Å². The molecule has 1 aliphatic rings. The molecule has 148 valence electrons. The number of likely N-dealkylation sites (N-methyl/N-ethyl adjacent to an activating group) is 1. The van der Waals surface area contributed by atoms with Gasteiger partial charge in [0, 0.05) is 44.8 Å². The maximum atomic E-state index is 5.49. The summed E-state index contributed by atoms with van der Waals surface area (Å²) in [7, 11) is 0. The molecule has 1 unspecified atom stereocenters. The molecule has 1 aliphatic heterocycles. The molecule has 1 rings (SSSR count). The number of nitrogens with one attached hydrogen (secondary N) is 2. The van der Waals surface area contributed by atoms with Crippen molar-refractivity contribution in [1.29, 1.82) is 0 Å². The zero-order valence-corrected chi connectivity index (χ0v) is 17.3.